The Morgan fingerprint density at radius 1 is 1.57 bits per heavy atom. The number of aromatic nitrogens is 1. The van der Waals surface area contributed by atoms with Gasteiger partial charge in [-0.3, -0.25) is 0 Å². The zero-order valence-electron chi connectivity index (χ0n) is 8.86. The molecule has 0 aromatic carbocycles. The summed E-state index contributed by atoms with van der Waals surface area (Å²) in [4.78, 5) is 4.06. The fourth-order valence-corrected chi connectivity index (χ4v) is 2.28. The van der Waals surface area contributed by atoms with E-state index in [1.807, 2.05) is 23.9 Å². The Bertz CT molecular complexity index is 276. The summed E-state index contributed by atoms with van der Waals surface area (Å²) >= 11 is 1.93. The van der Waals surface area contributed by atoms with Gasteiger partial charge in [0.2, 0.25) is 0 Å². The zero-order valence-corrected chi connectivity index (χ0v) is 9.68. The first-order chi connectivity index (χ1) is 6.74. The zero-order chi connectivity index (χ0) is 10.4. The highest BCUT2D eigenvalue weighted by Gasteiger charge is 2.02. The molecule has 0 aliphatic rings. The van der Waals surface area contributed by atoms with Crippen molar-refractivity contribution in [1.82, 2.24) is 4.98 Å². The van der Waals surface area contributed by atoms with Crippen LogP contribution in [0.1, 0.15) is 25.8 Å². The summed E-state index contributed by atoms with van der Waals surface area (Å²) in [6, 6.07) is 3.99. The molecule has 0 spiro atoms. The second-order valence-electron chi connectivity index (χ2n) is 3.58. The number of nitrogens with zero attached hydrogens (tertiary/aromatic N) is 1. The van der Waals surface area contributed by atoms with E-state index >= 15 is 0 Å². The Kier molecular flexibility index (Phi) is 4.80. The van der Waals surface area contributed by atoms with Crippen LogP contribution < -0.4 is 5.73 Å². The smallest absolute Gasteiger partial charge is 0.127 e. The number of nitrogen functional groups attached to an aromatic ring is 1. The number of rotatable bonds is 5. The first kappa shape index (κ1) is 11.4. The lowest BCUT2D eigenvalue weighted by Gasteiger charge is -2.08. The summed E-state index contributed by atoms with van der Waals surface area (Å²) < 4.78 is 0. The van der Waals surface area contributed by atoms with Crippen molar-refractivity contribution >= 4 is 17.6 Å². The Balaban J connectivity index is 2.35. The first-order valence-electron chi connectivity index (χ1n) is 5.01. The van der Waals surface area contributed by atoms with Crippen LogP contribution in [0.2, 0.25) is 0 Å². The molecule has 0 fully saturated rings. The van der Waals surface area contributed by atoms with E-state index in [9.17, 15) is 0 Å². The number of nitrogens with two attached hydrogens (primary N) is 1. The molecule has 0 amide bonds. The van der Waals surface area contributed by atoms with Crippen molar-refractivity contribution in [3.05, 3.63) is 23.9 Å². The quantitative estimate of drug-likeness (QED) is 0.812. The molecule has 1 rings (SSSR count). The van der Waals surface area contributed by atoms with Gasteiger partial charge in [0.1, 0.15) is 5.82 Å². The third-order valence-corrected chi connectivity index (χ3v) is 3.60. The first-order valence-corrected chi connectivity index (χ1v) is 6.16. The van der Waals surface area contributed by atoms with Gasteiger partial charge in [-0.15, -0.1) is 0 Å². The van der Waals surface area contributed by atoms with E-state index in [2.05, 4.69) is 18.8 Å². The van der Waals surface area contributed by atoms with E-state index in [1.54, 1.807) is 6.20 Å². The fourth-order valence-electron chi connectivity index (χ4n) is 1.06. The Labute approximate surface area is 90.3 Å². The molecular weight excluding hydrogens is 192 g/mol. The van der Waals surface area contributed by atoms with Crippen LogP contribution in [-0.2, 0) is 5.75 Å². The number of pyridine rings is 1. The van der Waals surface area contributed by atoms with Gasteiger partial charge in [-0.05, 0) is 17.7 Å². The molecule has 1 unspecified atom stereocenters. The molecular formula is C11H18N2S. The fraction of sp³-hybridized carbons (Fsp3) is 0.545. The van der Waals surface area contributed by atoms with Gasteiger partial charge in [-0.2, -0.15) is 11.8 Å². The maximum atomic E-state index is 5.75. The minimum atomic E-state index is 0.671. The van der Waals surface area contributed by atoms with Crippen molar-refractivity contribution in [2.45, 2.75) is 26.0 Å². The maximum Gasteiger partial charge on any atom is 0.127 e. The largest absolute Gasteiger partial charge is 0.383 e. The molecule has 2 N–H and O–H groups in total. The third kappa shape index (κ3) is 3.58. The predicted octanol–water partition coefficient (Wildman–Crippen LogP) is 2.94. The number of hydrogen-bond donors (Lipinski definition) is 1. The molecule has 0 radical (unpaired) electrons. The highest BCUT2D eigenvalue weighted by Crippen LogP contribution is 2.19. The van der Waals surface area contributed by atoms with Crippen molar-refractivity contribution in [3.8, 4) is 0 Å². The summed E-state index contributed by atoms with van der Waals surface area (Å²) in [5.41, 5.74) is 6.90. The van der Waals surface area contributed by atoms with Gasteiger partial charge in [0.25, 0.3) is 0 Å². The van der Waals surface area contributed by atoms with Crippen molar-refractivity contribution in [3.63, 3.8) is 0 Å². The van der Waals surface area contributed by atoms with E-state index in [1.165, 1.54) is 12.2 Å². The minimum absolute atomic E-state index is 0.671. The lowest BCUT2D eigenvalue weighted by molar-refractivity contribution is 0.637. The Morgan fingerprint density at radius 3 is 3.00 bits per heavy atom. The molecule has 14 heavy (non-hydrogen) atoms. The average molecular weight is 210 g/mol. The van der Waals surface area contributed by atoms with E-state index in [0.717, 1.165) is 17.2 Å². The summed E-state index contributed by atoms with van der Waals surface area (Å²) in [6.45, 7) is 4.50. The summed E-state index contributed by atoms with van der Waals surface area (Å²) in [7, 11) is 0. The van der Waals surface area contributed by atoms with E-state index in [4.69, 9.17) is 5.73 Å². The third-order valence-electron chi connectivity index (χ3n) is 2.28. The summed E-state index contributed by atoms with van der Waals surface area (Å²) in [6.07, 6.45) is 2.98. The van der Waals surface area contributed by atoms with Crippen molar-refractivity contribution in [2.75, 3.05) is 11.5 Å². The molecule has 1 aromatic rings. The second kappa shape index (κ2) is 5.91. The molecule has 3 heteroatoms. The minimum Gasteiger partial charge on any atom is -0.383 e. The van der Waals surface area contributed by atoms with Crippen LogP contribution in [0.4, 0.5) is 5.82 Å². The monoisotopic (exact) mass is 210 g/mol. The van der Waals surface area contributed by atoms with Crippen LogP contribution in [0.15, 0.2) is 18.3 Å². The van der Waals surface area contributed by atoms with E-state index < -0.39 is 0 Å². The molecule has 78 valence electrons. The maximum absolute atomic E-state index is 5.75. The lowest BCUT2D eigenvalue weighted by atomic mass is 10.2. The highest BCUT2D eigenvalue weighted by atomic mass is 32.2. The van der Waals surface area contributed by atoms with Gasteiger partial charge in [0.05, 0.1) is 0 Å². The molecule has 2 nitrogen and oxygen atoms in total. The topological polar surface area (TPSA) is 38.9 Å². The van der Waals surface area contributed by atoms with E-state index in [0.29, 0.717) is 5.82 Å². The van der Waals surface area contributed by atoms with Crippen molar-refractivity contribution in [2.24, 2.45) is 5.92 Å². The van der Waals surface area contributed by atoms with Crippen molar-refractivity contribution in [1.29, 1.82) is 0 Å². The molecule has 1 heterocycles. The van der Waals surface area contributed by atoms with Crippen LogP contribution in [0.3, 0.4) is 0 Å². The lowest BCUT2D eigenvalue weighted by Crippen LogP contribution is -1.99. The Morgan fingerprint density at radius 2 is 2.36 bits per heavy atom. The predicted molar refractivity (Wildman–Crippen MR) is 64.3 cm³/mol. The SMILES string of the molecule is CCC(C)CSCc1cccnc1N. The average Bonchev–Trinajstić information content (AvgIpc) is 2.20. The van der Waals surface area contributed by atoms with Gasteiger partial charge in [-0.25, -0.2) is 4.98 Å². The van der Waals surface area contributed by atoms with Gasteiger partial charge in [0.15, 0.2) is 0 Å². The van der Waals surface area contributed by atoms with Gasteiger partial charge in [0, 0.05) is 17.5 Å². The molecule has 0 bridgehead atoms. The second-order valence-corrected chi connectivity index (χ2v) is 4.61. The van der Waals surface area contributed by atoms with Gasteiger partial charge in [-0.1, -0.05) is 26.3 Å². The molecule has 0 saturated heterocycles. The Hall–Kier alpha value is -0.700. The number of hydrogen-bond acceptors (Lipinski definition) is 3. The van der Waals surface area contributed by atoms with E-state index in [-0.39, 0.29) is 0 Å². The molecule has 0 saturated carbocycles. The normalized spacial score (nSPS) is 12.7. The van der Waals surface area contributed by atoms with Crippen LogP contribution >= 0.6 is 11.8 Å². The summed E-state index contributed by atoms with van der Waals surface area (Å²) in [5.74, 6) is 3.64. The summed E-state index contributed by atoms with van der Waals surface area (Å²) in [5, 5.41) is 0. The molecule has 0 aliphatic heterocycles. The van der Waals surface area contributed by atoms with Crippen LogP contribution in [0.5, 0.6) is 0 Å². The van der Waals surface area contributed by atoms with Gasteiger partial charge < -0.3 is 5.73 Å². The number of anilines is 1. The van der Waals surface area contributed by atoms with Gasteiger partial charge >= 0.3 is 0 Å². The van der Waals surface area contributed by atoms with Crippen LogP contribution in [0, 0.1) is 5.92 Å². The highest BCUT2D eigenvalue weighted by molar-refractivity contribution is 7.98. The standard InChI is InChI=1S/C11H18N2S/c1-3-9(2)7-14-8-10-5-4-6-13-11(10)12/h4-6,9H,3,7-8H2,1-2H3,(H2,12,13). The molecule has 0 aliphatic carbocycles. The van der Waals surface area contributed by atoms with Crippen LogP contribution in [-0.4, -0.2) is 10.7 Å². The molecule has 1 atom stereocenters. The molecule has 1 aromatic heterocycles. The van der Waals surface area contributed by atoms with Crippen LogP contribution in [0.25, 0.3) is 0 Å². The van der Waals surface area contributed by atoms with Crippen molar-refractivity contribution < 1.29 is 0 Å². The number of thioether (sulfide) groups is 1.